The van der Waals surface area contributed by atoms with Crippen molar-refractivity contribution in [3.05, 3.63) is 47.0 Å². The van der Waals surface area contributed by atoms with Crippen molar-refractivity contribution in [3.63, 3.8) is 0 Å². The number of carboxylic acid groups (broad SMARTS) is 1. The first-order chi connectivity index (χ1) is 9.89. The van der Waals surface area contributed by atoms with E-state index in [9.17, 15) is 15.0 Å². The standard InChI is InChI=1S/C18H20O3/c1-10-4-3-5-12-13-6-7-18(21)9-17(13,8-11(18)2)15(14(10)12)16(19)20/h3-5,13,15,21H,2,6-9H2,1H3,(H,19,20)/t13-,15+,17+,18+/m1/s1. The van der Waals surface area contributed by atoms with Crippen molar-refractivity contribution in [3.8, 4) is 0 Å². The molecule has 110 valence electrons. The zero-order chi connectivity index (χ0) is 15.0. The van der Waals surface area contributed by atoms with Gasteiger partial charge in [0.1, 0.15) is 0 Å². The van der Waals surface area contributed by atoms with Crippen molar-refractivity contribution in [1.82, 2.24) is 0 Å². The zero-order valence-electron chi connectivity index (χ0n) is 12.2. The number of aliphatic hydroxyl groups is 1. The van der Waals surface area contributed by atoms with Gasteiger partial charge in [-0.15, -0.1) is 0 Å². The molecule has 2 fully saturated rings. The number of aliphatic carboxylic acids is 1. The lowest BCUT2D eigenvalue weighted by molar-refractivity contribution is -0.143. The van der Waals surface area contributed by atoms with Crippen molar-refractivity contribution in [2.45, 2.75) is 50.0 Å². The van der Waals surface area contributed by atoms with Crippen LogP contribution in [0.15, 0.2) is 30.4 Å². The van der Waals surface area contributed by atoms with Crippen LogP contribution in [0.25, 0.3) is 0 Å². The second-order valence-corrected chi connectivity index (χ2v) is 7.16. The van der Waals surface area contributed by atoms with Crippen LogP contribution in [0, 0.1) is 12.3 Å². The highest BCUT2D eigenvalue weighted by Crippen LogP contribution is 2.71. The second-order valence-electron chi connectivity index (χ2n) is 7.16. The molecule has 3 heteroatoms. The van der Waals surface area contributed by atoms with E-state index in [0.717, 1.165) is 23.1 Å². The summed E-state index contributed by atoms with van der Waals surface area (Å²) in [7, 11) is 0. The average molecular weight is 284 g/mol. The van der Waals surface area contributed by atoms with Gasteiger partial charge in [-0.25, -0.2) is 0 Å². The van der Waals surface area contributed by atoms with Gasteiger partial charge in [0.25, 0.3) is 0 Å². The Balaban J connectivity index is 1.98. The minimum Gasteiger partial charge on any atom is -0.481 e. The third-order valence-corrected chi connectivity index (χ3v) is 6.21. The maximum atomic E-state index is 12.1. The summed E-state index contributed by atoms with van der Waals surface area (Å²) in [5.74, 6) is -1.02. The number of hydrogen-bond acceptors (Lipinski definition) is 2. The van der Waals surface area contributed by atoms with E-state index >= 15 is 0 Å². The molecule has 0 amide bonds. The molecule has 2 N–H and O–H groups in total. The van der Waals surface area contributed by atoms with E-state index in [1.165, 1.54) is 5.56 Å². The maximum absolute atomic E-state index is 12.1. The van der Waals surface area contributed by atoms with Gasteiger partial charge in [0.15, 0.2) is 0 Å². The Morgan fingerprint density at radius 3 is 2.90 bits per heavy atom. The summed E-state index contributed by atoms with van der Waals surface area (Å²) in [6.07, 6.45) is 2.75. The van der Waals surface area contributed by atoms with E-state index in [0.29, 0.717) is 19.3 Å². The molecular weight excluding hydrogens is 264 g/mol. The maximum Gasteiger partial charge on any atom is 0.311 e. The Morgan fingerprint density at radius 2 is 2.19 bits per heavy atom. The molecule has 21 heavy (non-hydrogen) atoms. The SMILES string of the molecule is C=C1C[C@]23C[C@@]1(O)CC[C@@H]2c1cccc(C)c1[C@H]3C(=O)O. The van der Waals surface area contributed by atoms with Crippen LogP contribution in [-0.2, 0) is 4.79 Å². The van der Waals surface area contributed by atoms with Gasteiger partial charge >= 0.3 is 5.97 Å². The first-order valence-corrected chi connectivity index (χ1v) is 7.62. The van der Waals surface area contributed by atoms with Crippen LogP contribution in [0.2, 0.25) is 0 Å². The molecular formula is C18H20O3. The molecule has 3 aliphatic carbocycles. The Hall–Kier alpha value is -1.61. The molecule has 4 atom stereocenters. The molecule has 2 bridgehead atoms. The van der Waals surface area contributed by atoms with Crippen LogP contribution < -0.4 is 0 Å². The van der Waals surface area contributed by atoms with E-state index in [1.54, 1.807) is 0 Å². The predicted molar refractivity (Wildman–Crippen MR) is 79.3 cm³/mol. The Bertz CT molecular complexity index is 677. The predicted octanol–water partition coefficient (Wildman–Crippen LogP) is 3.12. The Morgan fingerprint density at radius 1 is 1.43 bits per heavy atom. The summed E-state index contributed by atoms with van der Waals surface area (Å²) in [6.45, 7) is 6.06. The first kappa shape index (κ1) is 13.1. The molecule has 2 saturated carbocycles. The quantitative estimate of drug-likeness (QED) is 0.779. The molecule has 1 aromatic rings. The van der Waals surface area contributed by atoms with Crippen LogP contribution in [0.4, 0.5) is 0 Å². The van der Waals surface area contributed by atoms with Gasteiger partial charge in [0, 0.05) is 5.41 Å². The highest BCUT2D eigenvalue weighted by molar-refractivity contribution is 5.81. The fourth-order valence-electron chi connectivity index (χ4n) is 5.40. The lowest BCUT2D eigenvalue weighted by atomic mass is 9.63. The first-order valence-electron chi connectivity index (χ1n) is 7.62. The van der Waals surface area contributed by atoms with Crippen molar-refractivity contribution in [2.75, 3.05) is 0 Å². The summed E-state index contributed by atoms with van der Waals surface area (Å²) in [4.78, 5) is 12.1. The molecule has 0 unspecified atom stereocenters. The smallest absolute Gasteiger partial charge is 0.311 e. The lowest BCUT2D eigenvalue weighted by Gasteiger charge is -2.41. The molecule has 3 nitrogen and oxygen atoms in total. The molecule has 3 aliphatic rings. The molecule has 0 aliphatic heterocycles. The van der Waals surface area contributed by atoms with E-state index in [1.807, 2.05) is 19.1 Å². The molecule has 0 aromatic heterocycles. The summed E-state index contributed by atoms with van der Waals surface area (Å²) in [5, 5.41) is 20.7. The van der Waals surface area contributed by atoms with Crippen LogP contribution in [0.5, 0.6) is 0 Å². The highest BCUT2D eigenvalue weighted by Gasteiger charge is 2.66. The third-order valence-electron chi connectivity index (χ3n) is 6.21. The van der Waals surface area contributed by atoms with Gasteiger partial charge in [-0.05, 0) is 60.8 Å². The van der Waals surface area contributed by atoms with E-state index in [4.69, 9.17) is 0 Å². The molecule has 4 rings (SSSR count). The van der Waals surface area contributed by atoms with Crippen LogP contribution in [0.3, 0.4) is 0 Å². The topological polar surface area (TPSA) is 57.5 Å². The van der Waals surface area contributed by atoms with E-state index in [-0.39, 0.29) is 11.3 Å². The van der Waals surface area contributed by atoms with Gasteiger partial charge in [-0.2, -0.15) is 0 Å². The molecule has 1 aromatic carbocycles. The van der Waals surface area contributed by atoms with Gasteiger partial charge in [-0.3, -0.25) is 4.79 Å². The number of fused-ring (bicyclic) bond motifs is 3. The number of benzene rings is 1. The van der Waals surface area contributed by atoms with E-state index < -0.39 is 17.5 Å². The summed E-state index contributed by atoms with van der Waals surface area (Å²) in [5.41, 5.74) is 2.87. The molecule has 0 saturated heterocycles. The van der Waals surface area contributed by atoms with Crippen molar-refractivity contribution in [1.29, 1.82) is 0 Å². The van der Waals surface area contributed by atoms with Gasteiger partial charge in [0.2, 0.25) is 0 Å². The van der Waals surface area contributed by atoms with Crippen LogP contribution >= 0.6 is 0 Å². The van der Waals surface area contributed by atoms with Crippen LogP contribution in [0.1, 0.15) is 54.2 Å². The van der Waals surface area contributed by atoms with Gasteiger partial charge in [-0.1, -0.05) is 24.8 Å². The van der Waals surface area contributed by atoms with Gasteiger partial charge < -0.3 is 10.2 Å². The van der Waals surface area contributed by atoms with Crippen molar-refractivity contribution < 1.29 is 15.0 Å². The summed E-state index contributed by atoms with van der Waals surface area (Å²) >= 11 is 0. The number of hydrogen-bond donors (Lipinski definition) is 2. The fraction of sp³-hybridized carbons (Fsp3) is 0.500. The molecule has 0 heterocycles. The van der Waals surface area contributed by atoms with Gasteiger partial charge in [0.05, 0.1) is 11.5 Å². The monoisotopic (exact) mass is 284 g/mol. The third kappa shape index (κ3) is 1.40. The largest absolute Gasteiger partial charge is 0.481 e. The number of rotatable bonds is 1. The lowest BCUT2D eigenvalue weighted by Crippen LogP contribution is -2.39. The molecule has 1 spiro atoms. The Labute approximate surface area is 124 Å². The van der Waals surface area contributed by atoms with Crippen molar-refractivity contribution in [2.24, 2.45) is 5.41 Å². The Kier molecular flexibility index (Phi) is 2.35. The van der Waals surface area contributed by atoms with E-state index in [2.05, 4.69) is 12.6 Å². The molecule has 0 radical (unpaired) electrons. The highest BCUT2D eigenvalue weighted by atomic mass is 16.4. The fourth-order valence-corrected chi connectivity index (χ4v) is 5.40. The average Bonchev–Trinajstić information content (AvgIpc) is 2.79. The second kappa shape index (κ2) is 3.77. The van der Waals surface area contributed by atoms with Crippen molar-refractivity contribution >= 4 is 5.97 Å². The summed E-state index contributed by atoms with van der Waals surface area (Å²) in [6, 6.07) is 6.11. The zero-order valence-corrected chi connectivity index (χ0v) is 12.2. The number of carboxylic acids is 1. The minimum atomic E-state index is -0.847. The normalized spacial score (nSPS) is 40.0. The number of carbonyl (C=O) groups is 1. The minimum absolute atomic E-state index is 0.244. The van der Waals surface area contributed by atoms with Crippen LogP contribution in [-0.4, -0.2) is 21.8 Å². The number of aryl methyl sites for hydroxylation is 1. The summed E-state index contributed by atoms with van der Waals surface area (Å²) < 4.78 is 0.